The molecule has 6 heteroatoms. The molecule has 0 aromatic heterocycles. The molecule has 0 radical (unpaired) electrons. The summed E-state index contributed by atoms with van der Waals surface area (Å²) in [5.41, 5.74) is 1.16. The lowest BCUT2D eigenvalue weighted by molar-refractivity contribution is -0.132. The highest BCUT2D eigenvalue weighted by Gasteiger charge is 2.29. The first kappa shape index (κ1) is 17.1. The van der Waals surface area contributed by atoms with E-state index in [1.165, 1.54) is 11.8 Å². The molecular weight excluding hydrogens is 322 g/mol. The Morgan fingerprint density at radius 3 is 2.92 bits per heavy atom. The molecule has 2 heterocycles. The van der Waals surface area contributed by atoms with Crippen molar-refractivity contribution in [3.8, 4) is 0 Å². The van der Waals surface area contributed by atoms with Crippen LogP contribution in [-0.4, -0.2) is 54.2 Å². The quantitative estimate of drug-likeness (QED) is 0.910. The number of hydrogen-bond acceptors (Lipinski definition) is 4. The number of nitrogens with zero attached hydrogens (tertiary/aromatic N) is 2. The molecular formula is C18H25N3O2S. The van der Waals surface area contributed by atoms with Crippen molar-refractivity contribution >= 4 is 29.3 Å². The van der Waals surface area contributed by atoms with Crippen LogP contribution in [0.1, 0.15) is 26.7 Å². The highest BCUT2D eigenvalue weighted by molar-refractivity contribution is 7.99. The number of carbonyl (C=O) groups is 2. The maximum Gasteiger partial charge on any atom is 0.242 e. The predicted molar refractivity (Wildman–Crippen MR) is 97.4 cm³/mol. The number of benzene rings is 1. The van der Waals surface area contributed by atoms with E-state index in [0.29, 0.717) is 19.1 Å². The van der Waals surface area contributed by atoms with E-state index < -0.39 is 0 Å². The maximum absolute atomic E-state index is 12.8. The molecule has 24 heavy (non-hydrogen) atoms. The highest BCUT2D eigenvalue weighted by atomic mass is 32.2. The number of likely N-dealkylation sites (tertiary alicyclic amines) is 1. The van der Waals surface area contributed by atoms with Gasteiger partial charge < -0.3 is 15.1 Å². The lowest BCUT2D eigenvalue weighted by atomic mass is 10.1. The third kappa shape index (κ3) is 3.86. The Hall–Kier alpha value is -1.69. The van der Waals surface area contributed by atoms with Crippen molar-refractivity contribution < 1.29 is 9.59 Å². The van der Waals surface area contributed by atoms with Crippen LogP contribution in [0.15, 0.2) is 29.2 Å². The van der Waals surface area contributed by atoms with Crippen LogP contribution < -0.4 is 10.2 Å². The Morgan fingerprint density at radius 2 is 2.12 bits per heavy atom. The number of fused-ring (bicyclic) bond motifs is 1. The van der Waals surface area contributed by atoms with Crippen LogP contribution in [0.3, 0.4) is 0 Å². The molecule has 1 aromatic rings. The Balaban J connectivity index is 1.67. The molecule has 1 aromatic carbocycles. The second-order valence-corrected chi connectivity index (χ2v) is 7.70. The summed E-state index contributed by atoms with van der Waals surface area (Å²) in [6, 6.07) is 8.72. The number of nitrogens with one attached hydrogen (secondary N) is 1. The summed E-state index contributed by atoms with van der Waals surface area (Å²) in [7, 11) is 0. The van der Waals surface area contributed by atoms with Crippen molar-refractivity contribution in [1.29, 1.82) is 0 Å². The molecule has 0 saturated carbocycles. The van der Waals surface area contributed by atoms with Gasteiger partial charge in [0.1, 0.15) is 0 Å². The maximum atomic E-state index is 12.8. The number of anilines is 1. The van der Waals surface area contributed by atoms with Gasteiger partial charge in [-0.05, 0) is 31.9 Å². The fraction of sp³-hybridized carbons (Fsp3) is 0.556. The summed E-state index contributed by atoms with van der Waals surface area (Å²) in [5.74, 6) is 1.13. The van der Waals surface area contributed by atoms with Crippen LogP contribution in [0.2, 0.25) is 0 Å². The number of para-hydroxylation sites is 1. The summed E-state index contributed by atoms with van der Waals surface area (Å²) in [5, 5.41) is 2.94. The first-order valence-electron chi connectivity index (χ1n) is 8.58. The van der Waals surface area contributed by atoms with Crippen LogP contribution in [-0.2, 0) is 9.59 Å². The van der Waals surface area contributed by atoms with Gasteiger partial charge in [0.25, 0.3) is 0 Å². The number of carbonyl (C=O) groups excluding carboxylic acids is 2. The molecule has 0 spiro atoms. The number of thioether (sulfide) groups is 1. The smallest absolute Gasteiger partial charge is 0.242 e. The van der Waals surface area contributed by atoms with Crippen LogP contribution in [0.25, 0.3) is 0 Å². The van der Waals surface area contributed by atoms with E-state index in [9.17, 15) is 9.59 Å². The number of piperidine rings is 1. The molecule has 2 amide bonds. The minimum atomic E-state index is -0.0232. The summed E-state index contributed by atoms with van der Waals surface area (Å²) in [4.78, 5) is 29.4. The van der Waals surface area contributed by atoms with Crippen molar-refractivity contribution in [1.82, 2.24) is 10.2 Å². The largest absolute Gasteiger partial charge is 0.358 e. The van der Waals surface area contributed by atoms with E-state index in [4.69, 9.17) is 0 Å². The molecule has 1 fully saturated rings. The summed E-state index contributed by atoms with van der Waals surface area (Å²) >= 11 is 1.86. The van der Waals surface area contributed by atoms with Gasteiger partial charge in [0.05, 0.1) is 12.2 Å². The zero-order valence-electron chi connectivity index (χ0n) is 14.3. The van der Waals surface area contributed by atoms with Crippen molar-refractivity contribution in [2.45, 2.75) is 43.7 Å². The van der Waals surface area contributed by atoms with Crippen molar-refractivity contribution in [3.05, 3.63) is 24.3 Å². The average molecular weight is 347 g/mol. The molecule has 130 valence electrons. The first-order chi connectivity index (χ1) is 11.5. The Kier molecular flexibility index (Phi) is 5.33. The fourth-order valence-corrected chi connectivity index (χ4v) is 4.56. The molecule has 2 aliphatic rings. The summed E-state index contributed by atoms with van der Waals surface area (Å²) < 4.78 is 0. The number of rotatable bonds is 3. The van der Waals surface area contributed by atoms with E-state index in [2.05, 4.69) is 29.3 Å². The van der Waals surface area contributed by atoms with Crippen molar-refractivity contribution in [3.63, 3.8) is 0 Å². The zero-order valence-corrected chi connectivity index (χ0v) is 15.1. The number of hydrogen-bond donors (Lipinski definition) is 1. The molecule has 5 nitrogen and oxygen atoms in total. The van der Waals surface area contributed by atoms with Crippen LogP contribution >= 0.6 is 11.8 Å². The predicted octanol–water partition coefficient (Wildman–Crippen LogP) is 2.11. The minimum absolute atomic E-state index is 0.0232. The average Bonchev–Trinajstić information content (AvgIpc) is 2.57. The van der Waals surface area contributed by atoms with Crippen LogP contribution in [0.5, 0.6) is 0 Å². The van der Waals surface area contributed by atoms with Gasteiger partial charge in [-0.25, -0.2) is 0 Å². The molecule has 0 aliphatic carbocycles. The molecule has 1 saturated heterocycles. The van der Waals surface area contributed by atoms with E-state index in [-0.39, 0.29) is 17.9 Å². The topological polar surface area (TPSA) is 52.7 Å². The van der Waals surface area contributed by atoms with Gasteiger partial charge in [0, 0.05) is 42.7 Å². The third-order valence-corrected chi connectivity index (χ3v) is 5.98. The van der Waals surface area contributed by atoms with Gasteiger partial charge in [-0.3, -0.25) is 9.59 Å². The van der Waals surface area contributed by atoms with Gasteiger partial charge in [-0.2, -0.15) is 0 Å². The molecule has 3 rings (SSSR count). The fourth-order valence-electron chi connectivity index (χ4n) is 3.45. The lowest BCUT2D eigenvalue weighted by Gasteiger charge is -2.39. The second kappa shape index (κ2) is 7.47. The standard InChI is InChI=1S/C18H25N3O2S/c1-13-12-24-17-8-4-3-7-16(17)21(13)11-18(23)20-9-5-6-15(10-20)19-14(2)22/h3-4,7-8,13,15H,5-6,9-12H2,1-2H3,(H,19,22)/t13-,15-/m0/s1. The highest BCUT2D eigenvalue weighted by Crippen LogP contribution is 2.37. The number of amides is 2. The monoisotopic (exact) mass is 347 g/mol. The first-order valence-corrected chi connectivity index (χ1v) is 9.56. The van der Waals surface area contributed by atoms with E-state index in [0.717, 1.165) is 30.8 Å². The Labute approximate surface area is 147 Å². The SMILES string of the molecule is CC(=O)N[C@H]1CCCN(C(=O)CN2c3ccccc3SC[C@@H]2C)C1. The van der Waals surface area contributed by atoms with Crippen LogP contribution in [0, 0.1) is 0 Å². The van der Waals surface area contributed by atoms with E-state index >= 15 is 0 Å². The van der Waals surface area contributed by atoms with Crippen LogP contribution in [0.4, 0.5) is 5.69 Å². The molecule has 0 bridgehead atoms. The summed E-state index contributed by atoms with van der Waals surface area (Å²) in [6.07, 6.45) is 1.89. The molecule has 2 atom stereocenters. The minimum Gasteiger partial charge on any atom is -0.358 e. The Morgan fingerprint density at radius 1 is 1.33 bits per heavy atom. The zero-order chi connectivity index (χ0) is 17.1. The molecule has 2 aliphatic heterocycles. The molecule has 1 N–H and O–H groups in total. The van der Waals surface area contributed by atoms with Gasteiger partial charge in [0.15, 0.2) is 0 Å². The van der Waals surface area contributed by atoms with E-state index in [1.54, 1.807) is 0 Å². The van der Waals surface area contributed by atoms with E-state index in [1.807, 2.05) is 28.8 Å². The Bertz CT molecular complexity index is 622. The van der Waals surface area contributed by atoms with Gasteiger partial charge >= 0.3 is 0 Å². The molecule has 0 unspecified atom stereocenters. The van der Waals surface area contributed by atoms with Gasteiger partial charge in [-0.1, -0.05) is 12.1 Å². The van der Waals surface area contributed by atoms with Crippen molar-refractivity contribution in [2.75, 3.05) is 30.3 Å². The van der Waals surface area contributed by atoms with Gasteiger partial charge in [-0.15, -0.1) is 11.8 Å². The van der Waals surface area contributed by atoms with Gasteiger partial charge in [0.2, 0.25) is 11.8 Å². The lowest BCUT2D eigenvalue weighted by Crippen LogP contribution is -2.52. The second-order valence-electron chi connectivity index (χ2n) is 6.64. The summed E-state index contributed by atoms with van der Waals surface area (Å²) in [6.45, 7) is 5.52. The normalized spacial score (nSPS) is 23.6. The van der Waals surface area contributed by atoms with Crippen molar-refractivity contribution in [2.24, 2.45) is 0 Å². The third-order valence-electron chi connectivity index (χ3n) is 4.67.